The number of aryl methyl sites for hydroxylation is 3. The van der Waals surface area contributed by atoms with Crippen molar-refractivity contribution in [2.75, 3.05) is 18.1 Å². The third-order valence-corrected chi connectivity index (χ3v) is 5.65. The number of imidazole rings is 1. The van der Waals surface area contributed by atoms with Crippen molar-refractivity contribution in [1.29, 1.82) is 0 Å². The summed E-state index contributed by atoms with van der Waals surface area (Å²) in [4.78, 5) is 31.6. The lowest BCUT2D eigenvalue weighted by Crippen LogP contribution is -2.35. The van der Waals surface area contributed by atoms with Crippen LogP contribution in [0.4, 0.5) is 5.69 Å². The van der Waals surface area contributed by atoms with Gasteiger partial charge in [-0.15, -0.1) is 0 Å². The molecule has 0 saturated carbocycles. The standard InChI is InChI=1S/C22H27N3O4/c1-4-28-21(26)16(22(27)29-5-2)13-25-14(3)8-9-15-11-19-17(12-18(15)25)23-20-7-6-10-24(19)20/h11-14H,4-10H2,1-3H3. The summed E-state index contributed by atoms with van der Waals surface area (Å²) in [6.45, 7) is 6.93. The van der Waals surface area contributed by atoms with Crippen molar-refractivity contribution in [2.45, 2.75) is 59.0 Å². The summed E-state index contributed by atoms with van der Waals surface area (Å²) < 4.78 is 12.5. The maximum absolute atomic E-state index is 12.4. The van der Waals surface area contributed by atoms with Gasteiger partial charge in [0.15, 0.2) is 5.57 Å². The average molecular weight is 397 g/mol. The molecule has 154 valence electrons. The van der Waals surface area contributed by atoms with Gasteiger partial charge in [-0.05, 0) is 57.7 Å². The predicted octanol–water partition coefficient (Wildman–Crippen LogP) is 3.13. The van der Waals surface area contributed by atoms with Crippen LogP contribution in [0.5, 0.6) is 0 Å². The third kappa shape index (κ3) is 3.50. The fraction of sp³-hybridized carbons (Fsp3) is 0.500. The van der Waals surface area contributed by atoms with E-state index in [0.29, 0.717) is 0 Å². The molecular weight excluding hydrogens is 370 g/mol. The summed E-state index contributed by atoms with van der Waals surface area (Å²) in [6.07, 6.45) is 5.62. The molecule has 0 amide bonds. The van der Waals surface area contributed by atoms with Crippen LogP contribution in [-0.4, -0.2) is 40.7 Å². The van der Waals surface area contributed by atoms with Gasteiger partial charge in [-0.3, -0.25) is 0 Å². The minimum Gasteiger partial charge on any atom is -0.462 e. The molecule has 0 fully saturated rings. The van der Waals surface area contributed by atoms with Gasteiger partial charge in [-0.25, -0.2) is 14.6 Å². The number of carbonyl (C=O) groups excluding carboxylic acids is 2. The minimum atomic E-state index is -0.660. The van der Waals surface area contributed by atoms with Gasteiger partial charge in [0.25, 0.3) is 0 Å². The summed E-state index contributed by atoms with van der Waals surface area (Å²) in [5, 5.41) is 0. The average Bonchev–Trinajstić information content (AvgIpc) is 3.27. The predicted molar refractivity (Wildman–Crippen MR) is 110 cm³/mol. The Morgan fingerprint density at radius 1 is 1.17 bits per heavy atom. The van der Waals surface area contributed by atoms with Crippen LogP contribution in [0.15, 0.2) is 23.9 Å². The Balaban J connectivity index is 1.79. The second kappa shape index (κ2) is 7.89. The fourth-order valence-electron chi connectivity index (χ4n) is 4.21. The molecule has 1 unspecified atom stereocenters. The molecule has 0 aliphatic carbocycles. The van der Waals surface area contributed by atoms with Crippen LogP contribution in [0.2, 0.25) is 0 Å². The van der Waals surface area contributed by atoms with E-state index in [4.69, 9.17) is 14.5 Å². The van der Waals surface area contributed by atoms with E-state index in [2.05, 4.69) is 23.6 Å². The summed E-state index contributed by atoms with van der Waals surface area (Å²) in [5.74, 6) is -0.184. The molecule has 4 rings (SSSR count). The Morgan fingerprint density at radius 3 is 2.59 bits per heavy atom. The molecule has 1 aromatic carbocycles. The first-order valence-corrected chi connectivity index (χ1v) is 10.4. The molecule has 0 spiro atoms. The van der Waals surface area contributed by atoms with Gasteiger partial charge in [0, 0.05) is 30.9 Å². The Morgan fingerprint density at radius 2 is 1.90 bits per heavy atom. The lowest BCUT2D eigenvalue weighted by molar-refractivity contribution is -0.146. The molecule has 3 heterocycles. The van der Waals surface area contributed by atoms with Crippen LogP contribution in [0.25, 0.3) is 11.0 Å². The van der Waals surface area contributed by atoms with Crippen LogP contribution in [0, 0.1) is 0 Å². The molecule has 0 N–H and O–H groups in total. The Labute approximate surface area is 170 Å². The maximum atomic E-state index is 12.4. The molecule has 0 radical (unpaired) electrons. The van der Waals surface area contributed by atoms with Gasteiger partial charge < -0.3 is 18.9 Å². The number of fused-ring (bicyclic) bond motifs is 4. The highest BCUT2D eigenvalue weighted by Gasteiger charge is 2.29. The lowest BCUT2D eigenvalue weighted by atomic mass is 9.96. The molecule has 2 aliphatic heterocycles. The number of esters is 2. The Hall–Kier alpha value is -2.83. The smallest absolute Gasteiger partial charge is 0.347 e. The third-order valence-electron chi connectivity index (χ3n) is 5.65. The highest BCUT2D eigenvalue weighted by atomic mass is 16.6. The fourth-order valence-corrected chi connectivity index (χ4v) is 4.21. The van der Waals surface area contributed by atoms with E-state index in [1.807, 2.05) is 4.90 Å². The lowest BCUT2D eigenvalue weighted by Gasteiger charge is -2.35. The summed E-state index contributed by atoms with van der Waals surface area (Å²) >= 11 is 0. The molecule has 0 bridgehead atoms. The van der Waals surface area contributed by atoms with E-state index in [0.717, 1.165) is 49.3 Å². The molecular formula is C22H27N3O4. The van der Waals surface area contributed by atoms with Crippen molar-refractivity contribution < 1.29 is 19.1 Å². The van der Waals surface area contributed by atoms with Crippen LogP contribution in [-0.2, 0) is 38.4 Å². The zero-order chi connectivity index (χ0) is 20.5. The highest BCUT2D eigenvalue weighted by molar-refractivity contribution is 6.14. The van der Waals surface area contributed by atoms with Crippen LogP contribution in [0.1, 0.15) is 45.0 Å². The largest absolute Gasteiger partial charge is 0.462 e. The SMILES string of the molecule is CCOC(=O)C(=CN1c2cc3nc4n(c3cc2CCC1C)CCC4)C(=O)OCC. The van der Waals surface area contributed by atoms with E-state index in [-0.39, 0.29) is 24.8 Å². The van der Waals surface area contributed by atoms with Crippen molar-refractivity contribution in [2.24, 2.45) is 0 Å². The topological polar surface area (TPSA) is 73.7 Å². The first-order valence-electron chi connectivity index (χ1n) is 10.4. The second-order valence-corrected chi connectivity index (χ2v) is 7.53. The number of anilines is 1. The Bertz CT molecular complexity index is 972. The van der Waals surface area contributed by atoms with Crippen LogP contribution in [0.3, 0.4) is 0 Å². The quantitative estimate of drug-likeness (QED) is 0.334. The number of aromatic nitrogens is 2. The van der Waals surface area contributed by atoms with Crippen molar-refractivity contribution in [3.63, 3.8) is 0 Å². The maximum Gasteiger partial charge on any atom is 0.347 e. The van der Waals surface area contributed by atoms with E-state index in [1.54, 1.807) is 20.0 Å². The molecule has 1 aromatic heterocycles. The first-order chi connectivity index (χ1) is 14.0. The number of rotatable bonds is 5. The molecule has 7 nitrogen and oxygen atoms in total. The number of benzene rings is 1. The molecule has 1 atom stereocenters. The van der Waals surface area contributed by atoms with Gasteiger partial charge in [-0.2, -0.15) is 0 Å². The molecule has 0 saturated heterocycles. The summed E-state index contributed by atoms with van der Waals surface area (Å²) in [5.41, 5.74) is 4.24. The van der Waals surface area contributed by atoms with E-state index in [1.165, 1.54) is 11.1 Å². The van der Waals surface area contributed by atoms with Crippen molar-refractivity contribution >= 4 is 28.7 Å². The number of carbonyl (C=O) groups is 2. The second-order valence-electron chi connectivity index (χ2n) is 7.53. The summed E-state index contributed by atoms with van der Waals surface area (Å²) in [6, 6.07) is 4.43. The molecule has 7 heteroatoms. The van der Waals surface area contributed by atoms with Crippen molar-refractivity contribution in [1.82, 2.24) is 9.55 Å². The van der Waals surface area contributed by atoms with Crippen molar-refractivity contribution in [3.05, 3.63) is 35.3 Å². The Kier molecular flexibility index (Phi) is 5.30. The van der Waals surface area contributed by atoms with Gasteiger partial charge in [0.05, 0.1) is 24.2 Å². The number of nitrogens with zero attached hydrogens (tertiary/aromatic N) is 3. The van der Waals surface area contributed by atoms with Crippen LogP contribution < -0.4 is 4.90 Å². The summed E-state index contributed by atoms with van der Waals surface area (Å²) in [7, 11) is 0. The molecule has 2 aliphatic rings. The first kappa shape index (κ1) is 19.5. The zero-order valence-corrected chi connectivity index (χ0v) is 17.2. The van der Waals surface area contributed by atoms with Gasteiger partial charge >= 0.3 is 11.9 Å². The minimum absolute atomic E-state index is 0.0826. The van der Waals surface area contributed by atoms with Crippen molar-refractivity contribution in [3.8, 4) is 0 Å². The van der Waals surface area contributed by atoms with Crippen LogP contribution >= 0.6 is 0 Å². The highest BCUT2D eigenvalue weighted by Crippen LogP contribution is 2.36. The van der Waals surface area contributed by atoms with Gasteiger partial charge in [0.1, 0.15) is 5.82 Å². The normalized spacial score (nSPS) is 17.6. The zero-order valence-electron chi connectivity index (χ0n) is 17.2. The van der Waals surface area contributed by atoms with E-state index in [9.17, 15) is 9.59 Å². The number of ether oxygens (including phenoxy) is 2. The molecule has 29 heavy (non-hydrogen) atoms. The van der Waals surface area contributed by atoms with E-state index >= 15 is 0 Å². The monoisotopic (exact) mass is 397 g/mol. The number of hydrogen-bond acceptors (Lipinski definition) is 6. The van der Waals surface area contributed by atoms with E-state index < -0.39 is 11.9 Å². The molecule has 2 aromatic rings. The van der Waals surface area contributed by atoms with Gasteiger partial charge in [0.2, 0.25) is 0 Å². The number of hydrogen-bond donors (Lipinski definition) is 0. The van der Waals surface area contributed by atoms with Gasteiger partial charge in [-0.1, -0.05) is 0 Å².